The Hall–Kier alpha value is -1.29. The van der Waals surface area contributed by atoms with E-state index in [2.05, 4.69) is 30.2 Å². The topological polar surface area (TPSA) is 54.1 Å². The maximum absolute atomic E-state index is 11.5. The molecule has 0 bridgehead atoms. The van der Waals surface area contributed by atoms with E-state index < -0.39 is 0 Å². The lowest BCUT2D eigenvalue weighted by Gasteiger charge is -2.25. The van der Waals surface area contributed by atoms with Crippen LogP contribution in [0.4, 0.5) is 0 Å². The molecule has 1 heterocycles. The van der Waals surface area contributed by atoms with Gasteiger partial charge in [-0.05, 0) is 18.6 Å². The quantitative estimate of drug-likeness (QED) is 0.731. The summed E-state index contributed by atoms with van der Waals surface area (Å²) in [4.78, 5) is 14.7. The van der Waals surface area contributed by atoms with Crippen LogP contribution in [0.3, 0.4) is 0 Å². The first-order valence-corrected chi connectivity index (χ1v) is 6.43. The molecule has 1 rings (SSSR count). The monoisotopic (exact) mass is 252 g/mol. The number of aromatic nitrogens is 1. The van der Waals surface area contributed by atoms with E-state index in [4.69, 9.17) is 4.74 Å². The predicted octanol–water partition coefficient (Wildman–Crippen LogP) is 2.08. The van der Waals surface area contributed by atoms with Crippen molar-refractivity contribution in [3.8, 4) is 0 Å². The molecule has 1 atom stereocenters. The molecular weight excluding hydrogens is 228 g/mol. The van der Waals surface area contributed by atoms with Gasteiger partial charge in [-0.3, -0.25) is 4.79 Å². The van der Waals surface area contributed by atoms with Crippen molar-refractivity contribution in [1.82, 2.24) is 10.3 Å². The highest BCUT2D eigenvalue weighted by molar-refractivity contribution is 5.72. The molecule has 1 aromatic heterocycles. The largest absolute Gasteiger partial charge is 0.469 e. The Morgan fingerprint density at radius 3 is 2.78 bits per heavy atom. The zero-order chi connectivity index (χ0) is 13.6. The van der Waals surface area contributed by atoms with E-state index >= 15 is 0 Å². The summed E-state index contributed by atoms with van der Waals surface area (Å²) in [7, 11) is 1.44. The molecule has 1 aromatic rings. The first-order valence-electron chi connectivity index (χ1n) is 6.43. The van der Waals surface area contributed by atoms with E-state index in [1.165, 1.54) is 12.8 Å². The van der Waals surface area contributed by atoms with Crippen molar-refractivity contribution in [3.63, 3.8) is 0 Å². The molecule has 102 valence electrons. The maximum Gasteiger partial charge on any atom is 0.309 e. The van der Waals surface area contributed by atoms with Crippen LogP contribution in [0.2, 0.25) is 0 Å². The molecule has 0 radical (unpaired) electrons. The lowest BCUT2D eigenvalue weighted by molar-refractivity contribution is -0.145. The first kappa shape index (κ1) is 14.8. The second-order valence-corrected chi connectivity index (χ2v) is 5.23. The van der Waals surface area contributed by atoms with Crippen LogP contribution in [0, 0.1) is 5.92 Å². The number of ether oxygens (including phenoxy) is 1. The van der Waals surface area contributed by atoms with Crippen LogP contribution in [0.25, 0.3) is 0 Å². The van der Waals surface area contributed by atoms with E-state index in [-0.39, 0.29) is 17.3 Å². The van der Waals surface area contributed by atoms with E-state index in [1.54, 1.807) is 0 Å². The summed E-state index contributed by atoms with van der Waals surface area (Å²) in [6.45, 7) is 7.82. The molecule has 2 N–H and O–H groups in total. The minimum Gasteiger partial charge on any atom is -0.469 e. The molecule has 0 aliphatic heterocycles. The Bertz CT molecular complexity index is 358. The molecule has 0 fully saturated rings. The van der Waals surface area contributed by atoms with Crippen molar-refractivity contribution in [2.75, 3.05) is 20.2 Å². The van der Waals surface area contributed by atoms with Gasteiger partial charge in [0.2, 0.25) is 0 Å². The summed E-state index contributed by atoms with van der Waals surface area (Å²) in [5.41, 5.74) is 1.22. The van der Waals surface area contributed by atoms with E-state index in [0.717, 1.165) is 13.0 Å². The van der Waals surface area contributed by atoms with Crippen LogP contribution in [0.5, 0.6) is 0 Å². The van der Waals surface area contributed by atoms with Gasteiger partial charge < -0.3 is 15.0 Å². The Kier molecular flexibility index (Phi) is 5.41. The zero-order valence-electron chi connectivity index (χ0n) is 11.7. The highest BCUT2D eigenvalue weighted by Crippen LogP contribution is 2.20. The average molecular weight is 252 g/mol. The molecular formula is C14H24N2O2. The number of hydrogen-bond donors (Lipinski definition) is 2. The fourth-order valence-corrected chi connectivity index (χ4v) is 1.97. The second kappa shape index (κ2) is 6.59. The third kappa shape index (κ3) is 3.88. The minimum atomic E-state index is -0.136. The smallest absolute Gasteiger partial charge is 0.309 e. The summed E-state index contributed by atoms with van der Waals surface area (Å²) in [5, 5.41) is 3.36. The zero-order valence-corrected chi connectivity index (χ0v) is 11.7. The van der Waals surface area contributed by atoms with Crippen LogP contribution >= 0.6 is 0 Å². The first-order chi connectivity index (χ1) is 8.51. The Morgan fingerprint density at radius 2 is 2.28 bits per heavy atom. The molecule has 0 aliphatic rings. The molecule has 0 amide bonds. The van der Waals surface area contributed by atoms with Crippen molar-refractivity contribution in [2.45, 2.75) is 32.6 Å². The Balaban J connectivity index is 2.43. The number of esters is 1. The summed E-state index contributed by atoms with van der Waals surface area (Å²) in [6, 6.07) is 4.08. The molecule has 0 aromatic carbocycles. The van der Waals surface area contributed by atoms with E-state index in [0.29, 0.717) is 6.54 Å². The minimum absolute atomic E-state index is 0.0257. The summed E-state index contributed by atoms with van der Waals surface area (Å²) in [5.74, 6) is -0.197. The van der Waals surface area contributed by atoms with E-state index in [1.807, 2.05) is 19.2 Å². The van der Waals surface area contributed by atoms with Crippen LogP contribution in [0.15, 0.2) is 18.3 Å². The number of hydrogen-bond acceptors (Lipinski definition) is 3. The van der Waals surface area contributed by atoms with Crippen molar-refractivity contribution in [3.05, 3.63) is 24.0 Å². The lowest BCUT2D eigenvalue weighted by atomic mass is 9.89. The predicted molar refractivity (Wildman–Crippen MR) is 72.5 cm³/mol. The van der Waals surface area contributed by atoms with Gasteiger partial charge in [-0.15, -0.1) is 0 Å². The van der Waals surface area contributed by atoms with Crippen LogP contribution in [0.1, 0.15) is 32.9 Å². The van der Waals surface area contributed by atoms with E-state index in [9.17, 15) is 4.79 Å². The number of nitrogens with one attached hydrogen (secondary N) is 2. The van der Waals surface area contributed by atoms with Crippen LogP contribution < -0.4 is 5.32 Å². The third-order valence-corrected chi connectivity index (χ3v) is 3.31. The van der Waals surface area contributed by atoms with Gasteiger partial charge in [0.1, 0.15) is 0 Å². The molecule has 18 heavy (non-hydrogen) atoms. The van der Waals surface area contributed by atoms with Gasteiger partial charge >= 0.3 is 5.97 Å². The SMILES string of the molecule is CCC(CNCC(C)(C)c1ccc[nH]1)C(=O)OC. The van der Waals surface area contributed by atoms with Crippen LogP contribution in [-0.2, 0) is 14.9 Å². The second-order valence-electron chi connectivity index (χ2n) is 5.23. The number of carbonyl (C=O) groups excluding carboxylic acids is 1. The maximum atomic E-state index is 11.5. The number of aromatic amines is 1. The Morgan fingerprint density at radius 1 is 1.56 bits per heavy atom. The van der Waals surface area contributed by atoms with Crippen molar-refractivity contribution in [1.29, 1.82) is 0 Å². The number of H-pyrrole nitrogens is 1. The van der Waals surface area contributed by atoms with Gasteiger partial charge in [-0.25, -0.2) is 0 Å². The number of methoxy groups -OCH3 is 1. The van der Waals surface area contributed by atoms with Gasteiger partial charge in [-0.2, -0.15) is 0 Å². The van der Waals surface area contributed by atoms with Crippen molar-refractivity contribution < 1.29 is 9.53 Å². The number of carbonyl (C=O) groups is 1. The van der Waals surface area contributed by atoms with Gasteiger partial charge in [0, 0.05) is 30.4 Å². The fourth-order valence-electron chi connectivity index (χ4n) is 1.97. The highest BCUT2D eigenvalue weighted by atomic mass is 16.5. The Labute approximate surface area is 109 Å². The molecule has 4 heteroatoms. The third-order valence-electron chi connectivity index (χ3n) is 3.31. The van der Waals surface area contributed by atoms with Crippen molar-refractivity contribution >= 4 is 5.97 Å². The highest BCUT2D eigenvalue weighted by Gasteiger charge is 2.23. The molecule has 0 saturated heterocycles. The van der Waals surface area contributed by atoms with Gasteiger partial charge in [0.05, 0.1) is 13.0 Å². The summed E-state index contributed by atoms with van der Waals surface area (Å²) in [6.07, 6.45) is 2.73. The molecule has 0 aliphatic carbocycles. The van der Waals surface area contributed by atoms with Gasteiger partial charge in [0.15, 0.2) is 0 Å². The standard InChI is InChI=1S/C14H24N2O2/c1-5-11(13(17)18-4)9-15-10-14(2,3)12-7-6-8-16-12/h6-8,11,15-16H,5,9-10H2,1-4H3. The molecule has 1 unspecified atom stereocenters. The molecule has 0 saturated carbocycles. The van der Waals surface area contributed by atoms with Crippen molar-refractivity contribution in [2.24, 2.45) is 5.92 Å². The van der Waals surface area contributed by atoms with Crippen LogP contribution in [-0.4, -0.2) is 31.2 Å². The fraction of sp³-hybridized carbons (Fsp3) is 0.643. The molecule has 0 spiro atoms. The van der Waals surface area contributed by atoms with Gasteiger partial charge in [0.25, 0.3) is 0 Å². The number of rotatable bonds is 7. The molecule has 4 nitrogen and oxygen atoms in total. The lowest BCUT2D eigenvalue weighted by Crippen LogP contribution is -2.37. The average Bonchev–Trinajstić information content (AvgIpc) is 2.88. The van der Waals surface area contributed by atoms with Gasteiger partial charge in [-0.1, -0.05) is 20.8 Å². The summed E-state index contributed by atoms with van der Waals surface area (Å²) >= 11 is 0. The normalized spacial score (nSPS) is 13.3. The summed E-state index contributed by atoms with van der Waals surface area (Å²) < 4.78 is 4.77.